The maximum Gasteiger partial charge on any atom is 0.190 e. The Morgan fingerprint density at radius 3 is 2.50 bits per heavy atom. The van der Waals surface area contributed by atoms with Crippen molar-refractivity contribution in [2.24, 2.45) is 4.99 Å². The topological polar surface area (TPSA) is 52.6 Å². The van der Waals surface area contributed by atoms with Crippen molar-refractivity contribution >= 4 is 46.4 Å². The fraction of sp³-hybridized carbons (Fsp3) is 0.474. The van der Waals surface area contributed by atoms with E-state index in [1.54, 1.807) is 11.3 Å². The normalized spacial score (nSPS) is 14.2. The van der Waals surface area contributed by atoms with Gasteiger partial charge < -0.3 is 15.5 Å². The van der Waals surface area contributed by atoms with Gasteiger partial charge in [0, 0.05) is 45.0 Å². The molecule has 2 heterocycles. The van der Waals surface area contributed by atoms with Crippen molar-refractivity contribution in [1.82, 2.24) is 15.6 Å². The maximum absolute atomic E-state index is 4.76. The van der Waals surface area contributed by atoms with E-state index in [-0.39, 0.29) is 24.0 Å². The van der Waals surface area contributed by atoms with E-state index in [1.807, 2.05) is 13.1 Å². The molecule has 142 valence electrons. The maximum atomic E-state index is 4.76. The summed E-state index contributed by atoms with van der Waals surface area (Å²) in [6, 6.07) is 10.5. The minimum absolute atomic E-state index is 0. The second-order valence-corrected chi connectivity index (χ2v) is 7.06. The lowest BCUT2D eigenvalue weighted by molar-refractivity contribution is 0.777. The van der Waals surface area contributed by atoms with Crippen molar-refractivity contribution in [3.63, 3.8) is 0 Å². The Labute approximate surface area is 177 Å². The van der Waals surface area contributed by atoms with Gasteiger partial charge >= 0.3 is 0 Å². The van der Waals surface area contributed by atoms with Crippen LogP contribution >= 0.6 is 35.3 Å². The van der Waals surface area contributed by atoms with Gasteiger partial charge in [-0.3, -0.25) is 4.99 Å². The molecular formula is C19H28IN5S. The fourth-order valence-corrected chi connectivity index (χ4v) is 3.88. The fourth-order valence-electron chi connectivity index (χ4n) is 2.96. The number of rotatable bonds is 7. The lowest BCUT2D eigenvalue weighted by atomic mass is 10.1. The van der Waals surface area contributed by atoms with Crippen molar-refractivity contribution < 1.29 is 0 Å². The number of hydrogen-bond donors (Lipinski definition) is 2. The summed E-state index contributed by atoms with van der Waals surface area (Å²) in [5, 5.41) is 10.1. The van der Waals surface area contributed by atoms with Gasteiger partial charge in [-0.15, -0.1) is 35.3 Å². The second kappa shape index (κ2) is 11.4. The van der Waals surface area contributed by atoms with Gasteiger partial charge in [0.25, 0.3) is 0 Å². The molecule has 0 unspecified atom stereocenters. The number of benzene rings is 1. The third-order valence-electron chi connectivity index (χ3n) is 4.36. The molecule has 26 heavy (non-hydrogen) atoms. The van der Waals surface area contributed by atoms with Crippen LogP contribution in [0.1, 0.15) is 24.1 Å². The highest BCUT2D eigenvalue weighted by atomic mass is 127. The molecule has 1 aromatic carbocycles. The zero-order valence-corrected chi connectivity index (χ0v) is 18.4. The minimum atomic E-state index is 0. The molecule has 1 aliphatic heterocycles. The van der Waals surface area contributed by atoms with Gasteiger partial charge in [-0.05, 0) is 24.8 Å². The summed E-state index contributed by atoms with van der Waals surface area (Å²) in [6.07, 6.45) is 4.50. The van der Waals surface area contributed by atoms with Crippen molar-refractivity contribution in [2.75, 3.05) is 38.1 Å². The molecule has 0 saturated carbocycles. The first-order valence-electron chi connectivity index (χ1n) is 9.03. The molecule has 0 radical (unpaired) electrons. The zero-order valence-electron chi connectivity index (χ0n) is 15.3. The predicted octanol–water partition coefficient (Wildman–Crippen LogP) is 3.31. The Balaban J connectivity index is 0.00000243. The molecule has 2 aromatic rings. The first kappa shape index (κ1) is 21.0. The summed E-state index contributed by atoms with van der Waals surface area (Å²) < 4.78 is 0. The van der Waals surface area contributed by atoms with E-state index in [1.165, 1.54) is 29.2 Å². The van der Waals surface area contributed by atoms with Gasteiger partial charge in [-0.25, -0.2) is 4.98 Å². The van der Waals surface area contributed by atoms with Crippen LogP contribution < -0.4 is 15.5 Å². The number of aromatic nitrogens is 1. The Bertz CT molecular complexity index is 668. The molecule has 3 rings (SSSR count). The van der Waals surface area contributed by atoms with Gasteiger partial charge in [0.05, 0.1) is 5.69 Å². The van der Waals surface area contributed by atoms with Crippen molar-refractivity contribution in [3.05, 3.63) is 47.0 Å². The molecule has 7 heteroatoms. The molecular weight excluding hydrogens is 457 g/mol. The summed E-state index contributed by atoms with van der Waals surface area (Å²) in [5.74, 6) is 0.853. The van der Waals surface area contributed by atoms with Crippen LogP contribution in [-0.2, 0) is 12.8 Å². The Morgan fingerprint density at radius 2 is 1.81 bits per heavy atom. The van der Waals surface area contributed by atoms with Crippen LogP contribution in [0.5, 0.6) is 0 Å². The van der Waals surface area contributed by atoms with E-state index in [0.717, 1.165) is 45.0 Å². The van der Waals surface area contributed by atoms with E-state index in [0.29, 0.717) is 0 Å². The molecule has 0 atom stereocenters. The number of hydrogen-bond acceptors (Lipinski definition) is 4. The van der Waals surface area contributed by atoms with Crippen molar-refractivity contribution in [1.29, 1.82) is 0 Å². The molecule has 0 spiro atoms. The molecule has 1 aliphatic rings. The van der Waals surface area contributed by atoms with Crippen molar-refractivity contribution in [2.45, 2.75) is 25.7 Å². The average molecular weight is 485 g/mol. The highest BCUT2D eigenvalue weighted by molar-refractivity contribution is 14.0. The van der Waals surface area contributed by atoms with E-state index < -0.39 is 0 Å². The third-order valence-corrected chi connectivity index (χ3v) is 5.31. The van der Waals surface area contributed by atoms with E-state index in [9.17, 15) is 0 Å². The quantitative estimate of drug-likeness (QED) is 0.359. The predicted molar refractivity (Wildman–Crippen MR) is 122 cm³/mol. The average Bonchev–Trinajstić information content (AvgIpc) is 3.33. The second-order valence-electron chi connectivity index (χ2n) is 6.23. The number of halogens is 1. The third kappa shape index (κ3) is 6.42. The number of thiazole rings is 1. The highest BCUT2D eigenvalue weighted by Gasteiger charge is 2.15. The number of guanidine groups is 1. The summed E-state index contributed by atoms with van der Waals surface area (Å²) >= 11 is 1.76. The van der Waals surface area contributed by atoms with Crippen LogP contribution in [0.15, 0.2) is 40.7 Å². The molecule has 0 aliphatic carbocycles. The number of aliphatic imine (C=N–C) groups is 1. The van der Waals surface area contributed by atoms with Gasteiger partial charge in [0.15, 0.2) is 11.1 Å². The molecule has 1 aromatic heterocycles. The van der Waals surface area contributed by atoms with Gasteiger partial charge in [-0.1, -0.05) is 30.3 Å². The standard InChI is InChI=1S/C19H27N5S.HI/c1-20-18(21-11-9-16-7-3-2-4-8-16)22-12-10-17-15-25-19(23-17)24-13-5-6-14-24;/h2-4,7-8,15H,5-6,9-14H2,1H3,(H2,20,21,22);1H. The zero-order chi connectivity index (χ0) is 17.3. The number of nitrogens with zero attached hydrogens (tertiary/aromatic N) is 3. The number of nitrogens with one attached hydrogen (secondary N) is 2. The van der Waals surface area contributed by atoms with E-state index >= 15 is 0 Å². The van der Waals surface area contributed by atoms with E-state index in [4.69, 9.17) is 4.98 Å². The van der Waals surface area contributed by atoms with E-state index in [2.05, 4.69) is 50.2 Å². The molecule has 0 amide bonds. The lowest BCUT2D eigenvalue weighted by Crippen LogP contribution is -2.39. The van der Waals surface area contributed by atoms with Crippen LogP contribution in [0.3, 0.4) is 0 Å². The van der Waals surface area contributed by atoms with Crippen LogP contribution in [0.2, 0.25) is 0 Å². The largest absolute Gasteiger partial charge is 0.356 e. The summed E-state index contributed by atoms with van der Waals surface area (Å²) in [7, 11) is 1.81. The first-order chi connectivity index (χ1) is 12.3. The SMILES string of the molecule is CN=C(NCCc1ccccc1)NCCc1csc(N2CCCC2)n1.I. The molecule has 1 fully saturated rings. The summed E-state index contributed by atoms with van der Waals surface area (Å²) in [5.41, 5.74) is 2.50. The Kier molecular flexibility index (Phi) is 9.17. The van der Waals surface area contributed by atoms with Crippen LogP contribution in [-0.4, -0.2) is 44.2 Å². The van der Waals surface area contributed by atoms with Gasteiger partial charge in [-0.2, -0.15) is 0 Å². The minimum Gasteiger partial charge on any atom is -0.356 e. The van der Waals surface area contributed by atoms with Crippen molar-refractivity contribution in [3.8, 4) is 0 Å². The summed E-state index contributed by atoms with van der Waals surface area (Å²) in [6.45, 7) is 4.03. The summed E-state index contributed by atoms with van der Waals surface area (Å²) in [4.78, 5) is 11.4. The highest BCUT2D eigenvalue weighted by Crippen LogP contribution is 2.24. The van der Waals surface area contributed by atoms with Gasteiger partial charge in [0.2, 0.25) is 0 Å². The number of anilines is 1. The van der Waals surface area contributed by atoms with Crippen LogP contribution in [0.25, 0.3) is 0 Å². The Hall–Kier alpha value is -1.35. The molecule has 0 bridgehead atoms. The van der Waals surface area contributed by atoms with Gasteiger partial charge in [0.1, 0.15) is 0 Å². The molecule has 2 N–H and O–H groups in total. The molecule has 5 nitrogen and oxygen atoms in total. The van der Waals surface area contributed by atoms with Crippen LogP contribution in [0.4, 0.5) is 5.13 Å². The van der Waals surface area contributed by atoms with Crippen LogP contribution in [0, 0.1) is 0 Å². The monoisotopic (exact) mass is 485 g/mol. The Morgan fingerprint density at radius 1 is 1.12 bits per heavy atom. The first-order valence-corrected chi connectivity index (χ1v) is 9.91. The smallest absolute Gasteiger partial charge is 0.190 e. The lowest BCUT2D eigenvalue weighted by Gasteiger charge is -2.12. The molecule has 1 saturated heterocycles.